The van der Waals surface area contributed by atoms with E-state index in [1.165, 1.54) is 18.4 Å². The van der Waals surface area contributed by atoms with Gasteiger partial charge in [-0.05, 0) is 30.9 Å². The minimum absolute atomic E-state index is 0.133. The number of para-hydroxylation sites is 1. The fourth-order valence-corrected chi connectivity index (χ4v) is 4.20. The average Bonchev–Trinajstić information content (AvgIpc) is 2.66. The highest BCUT2D eigenvalue weighted by atomic mass is 32.2. The molecule has 9 heteroatoms. The van der Waals surface area contributed by atoms with Crippen molar-refractivity contribution in [3.63, 3.8) is 0 Å². The lowest BCUT2D eigenvalue weighted by molar-refractivity contribution is -0.120. The first-order valence-electron chi connectivity index (χ1n) is 9.48. The van der Waals surface area contributed by atoms with Crippen LogP contribution in [0, 0.1) is 11.8 Å². The molecule has 0 radical (unpaired) electrons. The fourth-order valence-electron chi connectivity index (χ4n) is 3.01. The van der Waals surface area contributed by atoms with E-state index in [1.807, 2.05) is 13.8 Å². The van der Waals surface area contributed by atoms with Crippen LogP contribution in [0.5, 0.6) is 0 Å². The Balaban J connectivity index is 2.10. The molecule has 0 unspecified atom stereocenters. The van der Waals surface area contributed by atoms with Crippen molar-refractivity contribution in [3.8, 4) is 0 Å². The minimum Gasteiger partial charge on any atom is -0.352 e. The predicted octanol–water partition coefficient (Wildman–Crippen LogP) is 1.53. The van der Waals surface area contributed by atoms with Gasteiger partial charge in [0.25, 0.3) is 16.1 Å². The molecule has 2 rings (SSSR count). The van der Waals surface area contributed by atoms with Crippen LogP contribution in [0.1, 0.15) is 37.0 Å². The number of piperidine rings is 1. The zero-order valence-corrected chi connectivity index (χ0v) is 17.8. The van der Waals surface area contributed by atoms with Gasteiger partial charge in [-0.25, -0.2) is 0 Å². The number of amides is 2. The average molecular weight is 411 g/mol. The number of benzene rings is 1. The molecule has 1 aromatic rings. The maximum Gasteiger partial charge on any atom is 0.281 e. The van der Waals surface area contributed by atoms with Crippen molar-refractivity contribution < 1.29 is 18.0 Å². The summed E-state index contributed by atoms with van der Waals surface area (Å²) in [6.07, 6.45) is 1.22. The Morgan fingerprint density at radius 1 is 1.25 bits per heavy atom. The lowest BCUT2D eigenvalue weighted by atomic mass is 9.98. The Hall–Kier alpha value is -1.97. The zero-order valence-electron chi connectivity index (χ0n) is 16.9. The van der Waals surface area contributed by atoms with Gasteiger partial charge >= 0.3 is 0 Å². The van der Waals surface area contributed by atoms with Crippen molar-refractivity contribution in [1.82, 2.24) is 13.9 Å². The van der Waals surface area contributed by atoms with Gasteiger partial charge in [-0.1, -0.05) is 26.0 Å². The van der Waals surface area contributed by atoms with Crippen LogP contribution in [0.4, 0.5) is 5.69 Å². The van der Waals surface area contributed by atoms with Gasteiger partial charge in [-0.2, -0.15) is 17.0 Å². The molecule has 1 aliphatic rings. The van der Waals surface area contributed by atoms with E-state index >= 15 is 0 Å². The predicted molar refractivity (Wildman–Crippen MR) is 109 cm³/mol. The summed E-state index contributed by atoms with van der Waals surface area (Å²) in [5, 5.41) is 5.66. The summed E-state index contributed by atoms with van der Waals surface area (Å²) in [6, 6.07) is 6.83. The molecule has 1 fully saturated rings. The van der Waals surface area contributed by atoms with Crippen LogP contribution in [0.15, 0.2) is 24.3 Å². The number of anilines is 1. The molecular weight excluding hydrogens is 380 g/mol. The molecule has 0 aromatic heterocycles. The molecule has 0 bridgehead atoms. The van der Waals surface area contributed by atoms with E-state index in [0.29, 0.717) is 43.1 Å². The first kappa shape index (κ1) is 22.3. The highest BCUT2D eigenvalue weighted by Gasteiger charge is 2.33. The summed E-state index contributed by atoms with van der Waals surface area (Å²) in [6.45, 7) is 5.09. The highest BCUT2D eigenvalue weighted by molar-refractivity contribution is 7.86. The molecule has 0 aliphatic carbocycles. The summed E-state index contributed by atoms with van der Waals surface area (Å²) in [4.78, 5) is 25.2. The van der Waals surface area contributed by atoms with Crippen LogP contribution < -0.4 is 10.6 Å². The van der Waals surface area contributed by atoms with Gasteiger partial charge in [0.05, 0.1) is 17.2 Å². The second-order valence-corrected chi connectivity index (χ2v) is 9.77. The number of hydrogen-bond donors (Lipinski definition) is 2. The van der Waals surface area contributed by atoms with Crippen LogP contribution in [0.25, 0.3) is 0 Å². The molecular formula is C19H30N4O4S. The molecule has 1 aliphatic heterocycles. The van der Waals surface area contributed by atoms with Crippen molar-refractivity contribution >= 4 is 27.7 Å². The lowest BCUT2D eigenvalue weighted by Gasteiger charge is -2.32. The standard InChI is InChI=1S/C19H30N4O4S/c1-14(2)12-20-19(25)16-9-5-6-10-17(16)21-18(24)15-8-7-11-23(13-15)28(26,27)22(3)4/h5-6,9-10,14-15H,7-8,11-13H2,1-4H3,(H,20,25)(H,21,24)/t15-/m0/s1. The highest BCUT2D eigenvalue weighted by Crippen LogP contribution is 2.23. The molecule has 156 valence electrons. The number of carbonyl (C=O) groups is 2. The SMILES string of the molecule is CC(C)CNC(=O)c1ccccc1NC(=O)[C@H]1CCCN(S(=O)(=O)N(C)C)C1. The van der Waals surface area contributed by atoms with Crippen LogP contribution >= 0.6 is 0 Å². The summed E-state index contributed by atoms with van der Waals surface area (Å²) < 4.78 is 27.2. The van der Waals surface area contributed by atoms with Crippen molar-refractivity contribution in [3.05, 3.63) is 29.8 Å². The molecule has 8 nitrogen and oxygen atoms in total. The monoisotopic (exact) mass is 410 g/mol. The molecule has 0 saturated carbocycles. The molecule has 28 heavy (non-hydrogen) atoms. The molecule has 1 atom stereocenters. The second kappa shape index (κ2) is 9.49. The molecule has 1 aromatic carbocycles. The van der Waals surface area contributed by atoms with E-state index in [1.54, 1.807) is 24.3 Å². The normalized spacial score (nSPS) is 18.3. The Morgan fingerprint density at radius 3 is 2.57 bits per heavy atom. The Kier molecular flexibility index (Phi) is 7.56. The van der Waals surface area contributed by atoms with Gasteiger partial charge < -0.3 is 10.6 Å². The smallest absolute Gasteiger partial charge is 0.281 e. The number of nitrogens with zero attached hydrogens (tertiary/aromatic N) is 2. The van der Waals surface area contributed by atoms with E-state index < -0.39 is 16.1 Å². The molecule has 1 saturated heterocycles. The Morgan fingerprint density at radius 2 is 1.93 bits per heavy atom. The van der Waals surface area contributed by atoms with Crippen LogP contribution in [-0.4, -0.2) is 62.6 Å². The molecule has 2 amide bonds. The maximum absolute atomic E-state index is 12.8. The minimum atomic E-state index is -3.55. The first-order chi connectivity index (χ1) is 13.1. The largest absolute Gasteiger partial charge is 0.352 e. The van der Waals surface area contributed by atoms with Crippen molar-refractivity contribution in [2.24, 2.45) is 11.8 Å². The van der Waals surface area contributed by atoms with Gasteiger partial charge in [0.2, 0.25) is 5.91 Å². The first-order valence-corrected chi connectivity index (χ1v) is 10.9. The third-order valence-electron chi connectivity index (χ3n) is 4.64. The topological polar surface area (TPSA) is 98.8 Å². The van der Waals surface area contributed by atoms with E-state index in [0.717, 1.165) is 4.31 Å². The number of hydrogen-bond acceptors (Lipinski definition) is 4. The van der Waals surface area contributed by atoms with Crippen molar-refractivity contribution in [2.75, 3.05) is 39.0 Å². The maximum atomic E-state index is 12.8. The van der Waals surface area contributed by atoms with Gasteiger partial charge in [0.1, 0.15) is 0 Å². The second-order valence-electron chi connectivity index (χ2n) is 7.63. The van der Waals surface area contributed by atoms with Gasteiger partial charge in [0, 0.05) is 33.7 Å². The van der Waals surface area contributed by atoms with E-state index in [-0.39, 0.29) is 18.4 Å². The van der Waals surface area contributed by atoms with Gasteiger partial charge in [-0.15, -0.1) is 0 Å². The number of nitrogens with one attached hydrogen (secondary N) is 2. The summed E-state index contributed by atoms with van der Waals surface area (Å²) in [5.74, 6) is -0.666. The van der Waals surface area contributed by atoms with Crippen molar-refractivity contribution in [2.45, 2.75) is 26.7 Å². The van der Waals surface area contributed by atoms with Crippen LogP contribution in [-0.2, 0) is 15.0 Å². The van der Waals surface area contributed by atoms with Crippen LogP contribution in [0.3, 0.4) is 0 Å². The third-order valence-corrected chi connectivity index (χ3v) is 6.55. The quantitative estimate of drug-likeness (QED) is 0.712. The van der Waals surface area contributed by atoms with Crippen molar-refractivity contribution in [1.29, 1.82) is 0 Å². The van der Waals surface area contributed by atoms with Gasteiger partial charge in [-0.3, -0.25) is 9.59 Å². The zero-order chi connectivity index (χ0) is 20.9. The molecule has 2 N–H and O–H groups in total. The van der Waals surface area contributed by atoms with Crippen LogP contribution in [0.2, 0.25) is 0 Å². The van der Waals surface area contributed by atoms with E-state index in [2.05, 4.69) is 10.6 Å². The summed E-state index contributed by atoms with van der Waals surface area (Å²) in [5.41, 5.74) is 0.825. The van der Waals surface area contributed by atoms with E-state index in [4.69, 9.17) is 0 Å². The van der Waals surface area contributed by atoms with Gasteiger partial charge in [0.15, 0.2) is 0 Å². The molecule has 1 heterocycles. The Bertz CT molecular complexity index is 808. The Labute approximate surface area is 167 Å². The third kappa shape index (κ3) is 5.52. The summed E-state index contributed by atoms with van der Waals surface area (Å²) in [7, 11) is -0.599. The number of rotatable bonds is 7. The number of carbonyl (C=O) groups excluding carboxylic acids is 2. The summed E-state index contributed by atoms with van der Waals surface area (Å²) >= 11 is 0. The lowest BCUT2D eigenvalue weighted by Crippen LogP contribution is -2.47. The molecule has 0 spiro atoms. The van der Waals surface area contributed by atoms with E-state index in [9.17, 15) is 18.0 Å². The fraction of sp³-hybridized carbons (Fsp3) is 0.579.